The number of carbonyl (C=O) groups excluding carboxylic acids is 1. The van der Waals surface area contributed by atoms with Gasteiger partial charge in [0, 0.05) is 38.3 Å². The molecular formula is C21H29N5O4. The second-order valence-electron chi connectivity index (χ2n) is 8.91. The van der Waals surface area contributed by atoms with Gasteiger partial charge in [-0.3, -0.25) is 14.0 Å². The Morgan fingerprint density at radius 3 is 2.30 bits per heavy atom. The molecule has 9 heteroatoms. The standard InChI is InChI=1S/C19H25N5O2.C2H4O2/c1-10(2)17(25)18-22-21-16-6-3-11(7-24(16)18)19(26)23-8-12-13(9-23)15-5-4-14(12)20-15;1-2(3)4/h3,6-7,10,12-15,17,20,25H,4-5,8-9H2,1-2H3;1H3,(H,3,4)/t12-,13+,14-,15+,17?;. The first kappa shape index (κ1) is 20.7. The van der Waals surface area contributed by atoms with Crippen LogP contribution in [0.1, 0.15) is 55.9 Å². The van der Waals surface area contributed by atoms with Crippen LogP contribution in [-0.4, -0.2) is 66.8 Å². The van der Waals surface area contributed by atoms with Crippen molar-refractivity contribution in [3.05, 3.63) is 29.7 Å². The molecule has 2 bridgehead atoms. The molecule has 3 aliphatic rings. The van der Waals surface area contributed by atoms with E-state index < -0.39 is 12.1 Å². The quantitative estimate of drug-likeness (QED) is 0.692. The second-order valence-corrected chi connectivity index (χ2v) is 8.91. The maximum atomic E-state index is 13.1. The van der Waals surface area contributed by atoms with Gasteiger partial charge in [-0.1, -0.05) is 13.8 Å². The second kappa shape index (κ2) is 7.96. The van der Waals surface area contributed by atoms with E-state index in [1.54, 1.807) is 16.7 Å². The maximum absolute atomic E-state index is 13.1. The molecule has 3 aliphatic heterocycles. The summed E-state index contributed by atoms with van der Waals surface area (Å²) in [5.74, 6) is 0.969. The molecule has 30 heavy (non-hydrogen) atoms. The number of amides is 1. The molecule has 0 radical (unpaired) electrons. The molecule has 0 saturated carbocycles. The van der Waals surface area contributed by atoms with E-state index in [1.807, 2.05) is 24.8 Å². The topological polar surface area (TPSA) is 120 Å². The van der Waals surface area contributed by atoms with E-state index in [2.05, 4.69) is 15.5 Å². The van der Waals surface area contributed by atoms with Crippen LogP contribution in [-0.2, 0) is 4.79 Å². The van der Waals surface area contributed by atoms with Gasteiger partial charge < -0.3 is 20.4 Å². The summed E-state index contributed by atoms with van der Waals surface area (Å²) in [5, 5.41) is 29.7. The molecule has 0 aromatic carbocycles. The predicted octanol–water partition coefficient (Wildman–Crippen LogP) is 1.33. The Bertz CT molecular complexity index is 936. The highest BCUT2D eigenvalue weighted by molar-refractivity contribution is 5.94. The zero-order chi connectivity index (χ0) is 21.6. The SMILES string of the molecule is CC(=O)O.CC(C)C(O)c1nnc2ccc(C(=O)N3C[C@@H]4[C@H](C3)[C@@H]3CC[C@H]4N3)cn12. The van der Waals surface area contributed by atoms with Crippen LogP contribution in [0.3, 0.4) is 0 Å². The van der Waals surface area contributed by atoms with Crippen LogP contribution in [0.15, 0.2) is 18.3 Å². The highest BCUT2D eigenvalue weighted by Crippen LogP contribution is 2.43. The van der Waals surface area contributed by atoms with Crippen molar-refractivity contribution in [1.29, 1.82) is 0 Å². The molecule has 162 valence electrons. The van der Waals surface area contributed by atoms with Crippen molar-refractivity contribution in [2.45, 2.75) is 51.8 Å². The number of aliphatic carboxylic acids is 1. The average molecular weight is 415 g/mol. The van der Waals surface area contributed by atoms with Gasteiger partial charge in [0.2, 0.25) is 0 Å². The van der Waals surface area contributed by atoms with Gasteiger partial charge in [0.1, 0.15) is 6.10 Å². The fourth-order valence-corrected chi connectivity index (χ4v) is 5.06. The fraction of sp³-hybridized carbons (Fsp3) is 0.619. The molecule has 3 saturated heterocycles. The number of aromatic nitrogens is 3. The van der Waals surface area contributed by atoms with Gasteiger partial charge in [0.15, 0.2) is 11.5 Å². The average Bonchev–Trinajstić information content (AvgIpc) is 3.46. The lowest BCUT2D eigenvalue weighted by Crippen LogP contribution is -2.35. The molecule has 0 aliphatic carbocycles. The Labute approximate surface area is 175 Å². The van der Waals surface area contributed by atoms with Crippen LogP contribution in [0.25, 0.3) is 5.65 Å². The molecule has 2 aromatic heterocycles. The van der Waals surface area contributed by atoms with Crippen molar-refractivity contribution in [1.82, 2.24) is 24.8 Å². The van der Waals surface area contributed by atoms with Crippen LogP contribution < -0.4 is 5.32 Å². The lowest BCUT2D eigenvalue weighted by molar-refractivity contribution is -0.134. The minimum absolute atomic E-state index is 0.0303. The molecule has 9 nitrogen and oxygen atoms in total. The highest BCUT2D eigenvalue weighted by Gasteiger charge is 2.52. The number of pyridine rings is 1. The first-order chi connectivity index (χ1) is 14.3. The summed E-state index contributed by atoms with van der Waals surface area (Å²) >= 11 is 0. The molecule has 5 atom stereocenters. The first-order valence-electron chi connectivity index (χ1n) is 10.5. The monoisotopic (exact) mass is 415 g/mol. The van der Waals surface area contributed by atoms with Crippen LogP contribution in [0.4, 0.5) is 0 Å². The number of carbonyl (C=O) groups is 2. The third-order valence-corrected chi connectivity index (χ3v) is 6.52. The molecule has 3 N–H and O–H groups in total. The Morgan fingerprint density at radius 2 is 1.73 bits per heavy atom. The van der Waals surface area contributed by atoms with Crippen molar-refractivity contribution >= 4 is 17.5 Å². The van der Waals surface area contributed by atoms with Crippen molar-refractivity contribution in [2.75, 3.05) is 13.1 Å². The largest absolute Gasteiger partial charge is 0.481 e. The van der Waals surface area contributed by atoms with E-state index in [4.69, 9.17) is 9.90 Å². The smallest absolute Gasteiger partial charge is 0.300 e. The molecule has 1 unspecified atom stereocenters. The Kier molecular flexibility index (Phi) is 5.50. The van der Waals surface area contributed by atoms with Crippen molar-refractivity contribution in [3.8, 4) is 0 Å². The van der Waals surface area contributed by atoms with E-state index in [0.717, 1.165) is 20.0 Å². The minimum Gasteiger partial charge on any atom is -0.481 e. The number of hydrogen-bond acceptors (Lipinski definition) is 6. The minimum atomic E-state index is -0.833. The van der Waals surface area contributed by atoms with Crippen molar-refractivity contribution in [3.63, 3.8) is 0 Å². The van der Waals surface area contributed by atoms with E-state index in [0.29, 0.717) is 41.0 Å². The van der Waals surface area contributed by atoms with Crippen molar-refractivity contribution in [2.24, 2.45) is 17.8 Å². The zero-order valence-corrected chi connectivity index (χ0v) is 17.5. The summed E-state index contributed by atoms with van der Waals surface area (Å²) in [6, 6.07) is 4.81. The summed E-state index contributed by atoms with van der Waals surface area (Å²) in [6.07, 6.45) is 3.57. The summed E-state index contributed by atoms with van der Waals surface area (Å²) in [6.45, 7) is 6.65. The van der Waals surface area contributed by atoms with Gasteiger partial charge in [-0.05, 0) is 42.7 Å². The molecule has 2 aromatic rings. The Balaban J connectivity index is 0.000000503. The summed E-state index contributed by atoms with van der Waals surface area (Å²) in [4.78, 5) is 24.1. The number of fused-ring (bicyclic) bond motifs is 6. The zero-order valence-electron chi connectivity index (χ0n) is 17.5. The number of likely N-dealkylation sites (tertiary alicyclic amines) is 1. The molecule has 5 rings (SSSR count). The summed E-state index contributed by atoms with van der Waals surface area (Å²) in [5.41, 5.74) is 1.28. The third-order valence-electron chi connectivity index (χ3n) is 6.52. The van der Waals surface area contributed by atoms with Crippen LogP contribution in [0, 0.1) is 17.8 Å². The lowest BCUT2D eigenvalue weighted by Gasteiger charge is -2.19. The number of aliphatic hydroxyl groups is 1. The summed E-state index contributed by atoms with van der Waals surface area (Å²) < 4.78 is 1.75. The number of hydrogen-bond donors (Lipinski definition) is 3. The van der Waals surface area contributed by atoms with Gasteiger partial charge >= 0.3 is 0 Å². The van der Waals surface area contributed by atoms with E-state index in [9.17, 15) is 9.90 Å². The van der Waals surface area contributed by atoms with Gasteiger partial charge in [-0.25, -0.2) is 0 Å². The van der Waals surface area contributed by atoms with E-state index in [-0.39, 0.29) is 11.8 Å². The number of carboxylic acids is 1. The number of nitrogens with one attached hydrogen (secondary N) is 1. The molecule has 5 heterocycles. The van der Waals surface area contributed by atoms with Crippen LogP contribution in [0.2, 0.25) is 0 Å². The number of nitrogens with zero attached hydrogens (tertiary/aromatic N) is 4. The first-order valence-corrected chi connectivity index (χ1v) is 10.5. The third kappa shape index (κ3) is 3.67. The number of carboxylic acid groups (broad SMARTS) is 1. The molecule has 3 fully saturated rings. The summed E-state index contributed by atoms with van der Waals surface area (Å²) in [7, 11) is 0. The lowest BCUT2D eigenvalue weighted by atomic mass is 9.82. The van der Waals surface area contributed by atoms with E-state index >= 15 is 0 Å². The molecule has 0 spiro atoms. The van der Waals surface area contributed by atoms with Gasteiger partial charge in [0.05, 0.1) is 5.56 Å². The number of aliphatic hydroxyl groups excluding tert-OH is 1. The maximum Gasteiger partial charge on any atom is 0.300 e. The van der Waals surface area contributed by atoms with E-state index in [1.165, 1.54) is 12.8 Å². The molecular weight excluding hydrogens is 386 g/mol. The van der Waals surface area contributed by atoms with Gasteiger partial charge in [-0.2, -0.15) is 0 Å². The van der Waals surface area contributed by atoms with Crippen LogP contribution >= 0.6 is 0 Å². The fourth-order valence-electron chi connectivity index (χ4n) is 5.06. The van der Waals surface area contributed by atoms with Crippen LogP contribution in [0.5, 0.6) is 0 Å². The van der Waals surface area contributed by atoms with Gasteiger partial charge in [0.25, 0.3) is 11.9 Å². The van der Waals surface area contributed by atoms with Gasteiger partial charge in [-0.15, -0.1) is 10.2 Å². The Hall–Kier alpha value is -2.52. The number of rotatable bonds is 3. The predicted molar refractivity (Wildman–Crippen MR) is 109 cm³/mol. The van der Waals surface area contributed by atoms with Crippen molar-refractivity contribution < 1.29 is 19.8 Å². The highest BCUT2D eigenvalue weighted by atomic mass is 16.4. The molecule has 1 amide bonds. The Morgan fingerprint density at radius 1 is 1.13 bits per heavy atom. The normalized spacial score (nSPS) is 27.8.